The van der Waals surface area contributed by atoms with Gasteiger partial charge in [0.2, 0.25) is 0 Å². The molecular weight excluding hydrogens is 535 g/mol. The number of benzene rings is 4. The smallest absolute Gasteiger partial charge is 0.127 e. The zero-order valence-corrected chi connectivity index (χ0v) is 22.4. The topological polar surface area (TPSA) is 97.5 Å². The Bertz CT molecular complexity index is 1280. The average Bonchev–Trinajstić information content (AvgIpc) is 2.95. The van der Waals surface area contributed by atoms with Crippen LogP contribution in [-0.2, 0) is 16.8 Å². The van der Waals surface area contributed by atoms with Crippen molar-refractivity contribution in [2.24, 2.45) is 9.98 Å². The van der Waals surface area contributed by atoms with Gasteiger partial charge in [-0.25, -0.2) is 0 Å². The van der Waals surface area contributed by atoms with Crippen molar-refractivity contribution in [2.75, 3.05) is 0 Å². The molecule has 0 bridgehead atoms. The number of aromatic hydroxyl groups is 2. The molecule has 2 atom stereocenters. The maximum atomic E-state index is 10.8. The summed E-state index contributed by atoms with van der Waals surface area (Å²) in [6.45, 7) is 0. The number of phenols is 2. The second-order valence-corrected chi connectivity index (χ2v) is 8.98. The minimum absolute atomic E-state index is 0. The molecule has 4 aromatic carbocycles. The number of aliphatic imine (C=N–C) groups is 2. The van der Waals surface area contributed by atoms with Gasteiger partial charge in [0.1, 0.15) is 23.0 Å². The van der Waals surface area contributed by atoms with Gasteiger partial charge in [-0.2, -0.15) is 0 Å². The van der Waals surface area contributed by atoms with E-state index in [4.69, 9.17) is 4.74 Å². The van der Waals surface area contributed by atoms with Gasteiger partial charge in [0.25, 0.3) is 0 Å². The van der Waals surface area contributed by atoms with Crippen LogP contribution in [0.15, 0.2) is 113 Å². The molecule has 0 amide bonds. The Kier molecular flexibility index (Phi) is 11.6. The zero-order valence-electron chi connectivity index (χ0n) is 21.4. The van der Waals surface area contributed by atoms with Crippen LogP contribution in [0.4, 0.5) is 0 Å². The van der Waals surface area contributed by atoms with E-state index in [1.165, 1.54) is 12.1 Å². The third-order valence-corrected chi connectivity index (χ3v) is 6.18. The fourth-order valence-electron chi connectivity index (χ4n) is 4.12. The number of hydrogen-bond acceptors (Lipinski definition) is 6. The molecule has 1 aliphatic rings. The zero-order chi connectivity index (χ0) is 26.6. The fraction of sp³-hybridized carbons (Fsp3) is 0.188. The predicted octanol–water partition coefficient (Wildman–Crippen LogP) is 6.50. The van der Waals surface area contributed by atoms with Crippen molar-refractivity contribution in [3.05, 3.63) is 114 Å². The Balaban J connectivity index is 0.000000239. The first kappa shape index (κ1) is 29.5. The summed E-state index contributed by atoms with van der Waals surface area (Å²) in [6, 6.07) is 30.4. The minimum Gasteiger partial charge on any atom is -0.872 e. The molecule has 0 aromatic heterocycles. The summed E-state index contributed by atoms with van der Waals surface area (Å²) in [7, 11) is 0. The van der Waals surface area contributed by atoms with Crippen LogP contribution in [0.5, 0.6) is 28.7 Å². The molecule has 5 rings (SSSR count). The maximum absolute atomic E-state index is 10.8. The Morgan fingerprint density at radius 3 is 1.54 bits per heavy atom. The van der Waals surface area contributed by atoms with Gasteiger partial charge < -0.3 is 20.1 Å². The molecule has 7 heteroatoms. The van der Waals surface area contributed by atoms with Crippen LogP contribution in [0.3, 0.4) is 0 Å². The molecular formula is C32H31CoN2O4-. The molecule has 0 aliphatic heterocycles. The summed E-state index contributed by atoms with van der Waals surface area (Å²) in [6.07, 6.45) is 7.76. The van der Waals surface area contributed by atoms with Crippen LogP contribution in [-0.4, -0.2) is 34.7 Å². The van der Waals surface area contributed by atoms with E-state index in [1.54, 1.807) is 48.8 Å². The number of nitrogens with zero attached hydrogens (tertiary/aromatic N) is 2. The van der Waals surface area contributed by atoms with Gasteiger partial charge in [-0.05, 0) is 61.4 Å². The van der Waals surface area contributed by atoms with Crippen LogP contribution in [0.25, 0.3) is 0 Å². The van der Waals surface area contributed by atoms with E-state index < -0.39 is 0 Å². The standard InChI is InChI=1S/C20H22N2O2.C12H10O2.Co/c23-19-11-5-1-7-15(19)13-21-17-9-3-4-10-18(17)22-14-16-8-2-6-12-20(16)24;13-10-6-8-12(9-7-10)14-11-4-2-1-3-5-11;/h1-2,5-8,11-14,17-18,23-24H,3-4,9-10H2;1-9,13H;/p-1/t17-,18-;;/m1../s1. The quantitative estimate of drug-likeness (QED) is 0.261. The third kappa shape index (κ3) is 9.32. The molecule has 0 saturated heterocycles. The molecule has 0 heterocycles. The van der Waals surface area contributed by atoms with E-state index >= 15 is 0 Å². The largest absolute Gasteiger partial charge is 0.872 e. The molecule has 0 spiro atoms. The molecule has 1 fully saturated rings. The van der Waals surface area contributed by atoms with E-state index in [-0.39, 0.29) is 46.1 Å². The summed E-state index contributed by atoms with van der Waals surface area (Å²) in [5.41, 5.74) is 1.46. The fourth-order valence-corrected chi connectivity index (χ4v) is 4.12. The Hall–Kier alpha value is -4.07. The van der Waals surface area contributed by atoms with Crippen LogP contribution in [0.2, 0.25) is 0 Å². The van der Waals surface area contributed by atoms with Crippen molar-refractivity contribution in [1.29, 1.82) is 0 Å². The van der Waals surface area contributed by atoms with Gasteiger partial charge in [0, 0.05) is 40.3 Å². The van der Waals surface area contributed by atoms with Gasteiger partial charge >= 0.3 is 0 Å². The van der Waals surface area contributed by atoms with Crippen molar-refractivity contribution in [3.63, 3.8) is 0 Å². The predicted molar refractivity (Wildman–Crippen MR) is 150 cm³/mol. The molecule has 1 saturated carbocycles. The number of ether oxygens (including phenoxy) is 1. The van der Waals surface area contributed by atoms with E-state index in [1.807, 2.05) is 54.6 Å². The summed E-state index contributed by atoms with van der Waals surface area (Å²) in [5, 5.41) is 30.5. The first-order valence-electron chi connectivity index (χ1n) is 12.7. The third-order valence-electron chi connectivity index (χ3n) is 6.18. The van der Waals surface area contributed by atoms with Gasteiger partial charge in [0.05, 0.1) is 12.1 Å². The maximum Gasteiger partial charge on any atom is 0.127 e. The SMILES string of the molecule is Oc1ccccc1C=N[C@@H]1CCCC[C@H]1N=Cc1ccccc1O.[Co].[O-]c1ccc(Oc2ccccc2)cc1. The summed E-state index contributed by atoms with van der Waals surface area (Å²) >= 11 is 0. The number of hydrogen-bond donors (Lipinski definition) is 2. The number of rotatable bonds is 6. The van der Waals surface area contributed by atoms with E-state index in [2.05, 4.69) is 9.98 Å². The molecule has 203 valence electrons. The van der Waals surface area contributed by atoms with Gasteiger partial charge in [-0.1, -0.05) is 67.4 Å². The Morgan fingerprint density at radius 1 is 0.615 bits per heavy atom. The van der Waals surface area contributed by atoms with Crippen LogP contribution < -0.4 is 9.84 Å². The van der Waals surface area contributed by atoms with Crippen molar-refractivity contribution < 1.29 is 36.8 Å². The van der Waals surface area contributed by atoms with Gasteiger partial charge in [-0.15, -0.1) is 5.75 Å². The molecule has 6 nitrogen and oxygen atoms in total. The number of phenolic OH excluding ortho intramolecular Hbond substituents is 2. The van der Waals surface area contributed by atoms with Gasteiger partial charge in [-0.3, -0.25) is 9.98 Å². The second kappa shape index (κ2) is 15.4. The van der Waals surface area contributed by atoms with Crippen LogP contribution in [0, 0.1) is 0 Å². The van der Waals surface area contributed by atoms with E-state index in [9.17, 15) is 15.3 Å². The van der Waals surface area contributed by atoms with Crippen molar-refractivity contribution in [3.8, 4) is 28.7 Å². The average molecular weight is 567 g/mol. The first-order valence-corrected chi connectivity index (χ1v) is 12.7. The van der Waals surface area contributed by atoms with E-state index in [0.717, 1.165) is 42.6 Å². The molecule has 2 N–H and O–H groups in total. The first-order chi connectivity index (χ1) is 18.6. The Morgan fingerprint density at radius 2 is 1.05 bits per heavy atom. The molecule has 39 heavy (non-hydrogen) atoms. The van der Waals surface area contributed by atoms with E-state index in [0.29, 0.717) is 5.75 Å². The summed E-state index contributed by atoms with van der Waals surface area (Å²) in [4.78, 5) is 9.34. The molecule has 1 radical (unpaired) electrons. The molecule has 1 aliphatic carbocycles. The minimum atomic E-state index is -0.00888. The molecule has 4 aromatic rings. The molecule has 0 unspecified atom stereocenters. The van der Waals surface area contributed by atoms with Crippen LogP contribution in [0.1, 0.15) is 36.8 Å². The van der Waals surface area contributed by atoms with Crippen molar-refractivity contribution in [1.82, 2.24) is 0 Å². The monoisotopic (exact) mass is 566 g/mol. The normalized spacial score (nSPS) is 16.7. The van der Waals surface area contributed by atoms with Gasteiger partial charge in [0.15, 0.2) is 0 Å². The number of para-hydroxylation sites is 3. The summed E-state index contributed by atoms with van der Waals surface area (Å²) < 4.78 is 5.49. The van der Waals surface area contributed by atoms with Crippen molar-refractivity contribution >= 4 is 12.4 Å². The van der Waals surface area contributed by atoms with Crippen molar-refractivity contribution in [2.45, 2.75) is 37.8 Å². The van der Waals surface area contributed by atoms with Crippen LogP contribution >= 0.6 is 0 Å². The second-order valence-electron chi connectivity index (χ2n) is 8.98. The summed E-state index contributed by atoms with van der Waals surface area (Å²) in [5.74, 6) is 1.92. The Labute approximate surface area is 239 Å².